The molecule has 0 aliphatic carbocycles. The van der Waals surface area contributed by atoms with Crippen LogP contribution in [0.15, 0.2) is 34.7 Å². The Kier molecular flexibility index (Phi) is 6.25. The maximum Gasteiger partial charge on any atom is 0.234 e. The number of anilines is 1. The summed E-state index contributed by atoms with van der Waals surface area (Å²) in [4.78, 5) is 11.7. The van der Waals surface area contributed by atoms with Gasteiger partial charge in [-0.25, -0.2) is 0 Å². The summed E-state index contributed by atoms with van der Waals surface area (Å²) in [6.07, 6.45) is 5.11. The van der Waals surface area contributed by atoms with Crippen molar-refractivity contribution in [2.24, 2.45) is 0 Å². The Morgan fingerprint density at radius 2 is 2.18 bits per heavy atom. The van der Waals surface area contributed by atoms with Crippen molar-refractivity contribution < 1.29 is 4.79 Å². The zero-order chi connectivity index (χ0) is 15.8. The van der Waals surface area contributed by atoms with Gasteiger partial charge in [-0.05, 0) is 12.5 Å². The predicted octanol–water partition coefficient (Wildman–Crippen LogP) is 2.38. The van der Waals surface area contributed by atoms with Crippen LogP contribution < -0.4 is 10.6 Å². The summed E-state index contributed by atoms with van der Waals surface area (Å²) < 4.78 is 0.749. The van der Waals surface area contributed by atoms with Gasteiger partial charge in [-0.3, -0.25) is 4.79 Å². The van der Waals surface area contributed by atoms with E-state index in [-0.39, 0.29) is 17.7 Å². The summed E-state index contributed by atoms with van der Waals surface area (Å²) in [6, 6.07) is 10.1. The number of nitrogens with one attached hydrogen (secondary N) is 2. The zero-order valence-corrected chi connectivity index (χ0v) is 13.7. The third-order valence-electron chi connectivity index (χ3n) is 2.70. The molecule has 1 aromatic carbocycles. The summed E-state index contributed by atoms with van der Waals surface area (Å²) in [6.45, 7) is 2.75. The number of carbonyl (C=O) groups is 1. The first-order chi connectivity index (χ1) is 10.7. The van der Waals surface area contributed by atoms with E-state index in [4.69, 9.17) is 6.42 Å². The molecule has 0 radical (unpaired) electrons. The minimum absolute atomic E-state index is 0.100. The van der Waals surface area contributed by atoms with Gasteiger partial charge in [-0.2, -0.15) is 0 Å². The molecule has 0 spiro atoms. The molecule has 0 bridgehead atoms. The molecule has 2 N–H and O–H groups in total. The fourth-order valence-corrected chi connectivity index (χ4v) is 3.51. The van der Waals surface area contributed by atoms with E-state index in [1.165, 1.54) is 28.7 Å². The average molecular weight is 332 g/mol. The average Bonchev–Trinajstić information content (AvgIpc) is 2.99. The van der Waals surface area contributed by atoms with E-state index >= 15 is 0 Å². The monoisotopic (exact) mass is 332 g/mol. The summed E-state index contributed by atoms with van der Waals surface area (Å²) in [5.74, 6) is 2.28. The fraction of sp³-hybridized carbons (Fsp3) is 0.267. The lowest BCUT2D eigenvalue weighted by molar-refractivity contribution is -0.120. The van der Waals surface area contributed by atoms with Gasteiger partial charge in [0.2, 0.25) is 11.0 Å². The van der Waals surface area contributed by atoms with E-state index in [1.54, 1.807) is 0 Å². The lowest BCUT2D eigenvalue weighted by atomic mass is 10.2. The highest BCUT2D eigenvalue weighted by Crippen LogP contribution is 2.29. The van der Waals surface area contributed by atoms with Gasteiger partial charge in [0.1, 0.15) is 0 Å². The van der Waals surface area contributed by atoms with Gasteiger partial charge in [0.15, 0.2) is 4.34 Å². The highest BCUT2D eigenvalue weighted by Gasteiger charge is 2.16. The molecule has 22 heavy (non-hydrogen) atoms. The molecule has 0 saturated carbocycles. The highest BCUT2D eigenvalue weighted by molar-refractivity contribution is 8.02. The Hall–Kier alpha value is -2.04. The van der Waals surface area contributed by atoms with Crippen LogP contribution in [0.25, 0.3) is 0 Å². The second-order valence-electron chi connectivity index (χ2n) is 4.39. The predicted molar refractivity (Wildman–Crippen MR) is 90.8 cm³/mol. The lowest BCUT2D eigenvalue weighted by Gasteiger charge is -2.07. The van der Waals surface area contributed by atoms with Crippen LogP contribution in [0.2, 0.25) is 0 Å². The van der Waals surface area contributed by atoms with E-state index in [1.807, 2.05) is 37.3 Å². The topological polar surface area (TPSA) is 66.9 Å². The number of amides is 1. The second-order valence-corrected chi connectivity index (χ2v) is 6.96. The summed E-state index contributed by atoms with van der Waals surface area (Å²) >= 11 is 2.80. The number of nitrogens with zero attached hydrogens (tertiary/aromatic N) is 2. The van der Waals surface area contributed by atoms with Crippen molar-refractivity contribution in [3.63, 3.8) is 0 Å². The van der Waals surface area contributed by atoms with Crippen LogP contribution in [-0.2, 0) is 11.3 Å². The third-order valence-corrected chi connectivity index (χ3v) is 4.77. The van der Waals surface area contributed by atoms with Crippen molar-refractivity contribution in [2.45, 2.75) is 23.1 Å². The molecule has 1 heterocycles. The van der Waals surface area contributed by atoms with E-state index < -0.39 is 0 Å². The van der Waals surface area contributed by atoms with Crippen molar-refractivity contribution in [1.82, 2.24) is 15.5 Å². The summed E-state index contributed by atoms with van der Waals surface area (Å²) in [7, 11) is 0. The number of aromatic nitrogens is 2. The van der Waals surface area contributed by atoms with E-state index in [0.717, 1.165) is 9.47 Å². The molecule has 5 nitrogen and oxygen atoms in total. The molecule has 1 amide bonds. The molecule has 2 aromatic rings. The van der Waals surface area contributed by atoms with Crippen LogP contribution in [-0.4, -0.2) is 27.9 Å². The van der Waals surface area contributed by atoms with Crippen molar-refractivity contribution in [3.8, 4) is 12.3 Å². The molecule has 0 saturated heterocycles. The number of benzene rings is 1. The molecule has 1 atom stereocenters. The minimum atomic E-state index is -0.261. The minimum Gasteiger partial charge on any atom is -0.356 e. The van der Waals surface area contributed by atoms with Crippen molar-refractivity contribution in [3.05, 3.63) is 35.9 Å². The molecule has 114 valence electrons. The first-order valence-corrected chi connectivity index (χ1v) is 8.38. The van der Waals surface area contributed by atoms with Crippen LogP contribution in [0.4, 0.5) is 5.13 Å². The van der Waals surface area contributed by atoms with Crippen LogP contribution in [0.1, 0.15) is 12.5 Å². The first-order valence-electron chi connectivity index (χ1n) is 6.68. The number of thioether (sulfide) groups is 1. The molecule has 1 aromatic heterocycles. The SMILES string of the molecule is C#CCNC(=O)C(C)Sc1nnc(NCc2ccccc2)s1. The molecule has 0 aliphatic heterocycles. The van der Waals surface area contributed by atoms with Gasteiger partial charge in [0.25, 0.3) is 0 Å². The lowest BCUT2D eigenvalue weighted by Crippen LogP contribution is -2.30. The van der Waals surface area contributed by atoms with Gasteiger partial charge in [0.05, 0.1) is 11.8 Å². The van der Waals surface area contributed by atoms with Crippen molar-refractivity contribution in [2.75, 3.05) is 11.9 Å². The number of terminal acetylenes is 1. The van der Waals surface area contributed by atoms with Crippen molar-refractivity contribution >= 4 is 34.1 Å². The van der Waals surface area contributed by atoms with Crippen LogP contribution in [0.5, 0.6) is 0 Å². The van der Waals surface area contributed by atoms with Gasteiger partial charge >= 0.3 is 0 Å². The molecular formula is C15H16N4OS2. The van der Waals surface area contributed by atoms with Crippen LogP contribution >= 0.6 is 23.1 Å². The van der Waals surface area contributed by atoms with E-state index in [2.05, 4.69) is 26.8 Å². The van der Waals surface area contributed by atoms with Gasteiger partial charge in [-0.1, -0.05) is 59.4 Å². The largest absolute Gasteiger partial charge is 0.356 e. The Morgan fingerprint density at radius 3 is 2.91 bits per heavy atom. The molecule has 2 rings (SSSR count). The Labute approximate surface area is 137 Å². The van der Waals surface area contributed by atoms with E-state index in [0.29, 0.717) is 6.54 Å². The number of rotatable bonds is 7. The van der Waals surface area contributed by atoms with Crippen LogP contribution in [0, 0.1) is 12.3 Å². The van der Waals surface area contributed by atoms with Gasteiger partial charge in [0, 0.05) is 6.54 Å². The maximum absolute atomic E-state index is 11.7. The van der Waals surface area contributed by atoms with Crippen LogP contribution in [0.3, 0.4) is 0 Å². The standard InChI is InChI=1S/C15H16N4OS2/c1-3-9-16-13(20)11(2)21-15-19-18-14(22-15)17-10-12-7-5-4-6-8-12/h1,4-8,11H,9-10H2,2H3,(H,16,20)(H,17,18). The van der Waals surface area contributed by atoms with Crippen molar-refractivity contribution in [1.29, 1.82) is 0 Å². The second kappa shape index (κ2) is 8.41. The fourth-order valence-electron chi connectivity index (χ4n) is 1.59. The normalized spacial score (nSPS) is 11.5. The third kappa shape index (κ3) is 5.06. The number of carbonyl (C=O) groups excluding carboxylic acids is 1. The quantitative estimate of drug-likeness (QED) is 0.602. The Morgan fingerprint density at radius 1 is 1.41 bits per heavy atom. The highest BCUT2D eigenvalue weighted by atomic mass is 32.2. The summed E-state index contributed by atoms with van der Waals surface area (Å²) in [5.41, 5.74) is 1.17. The summed E-state index contributed by atoms with van der Waals surface area (Å²) in [5, 5.41) is 14.5. The number of hydrogen-bond donors (Lipinski definition) is 2. The van der Waals surface area contributed by atoms with Gasteiger partial charge in [-0.15, -0.1) is 16.6 Å². The smallest absolute Gasteiger partial charge is 0.234 e. The van der Waals surface area contributed by atoms with Gasteiger partial charge < -0.3 is 10.6 Å². The molecule has 7 heteroatoms. The molecule has 0 aliphatic rings. The molecule has 1 unspecified atom stereocenters. The maximum atomic E-state index is 11.7. The zero-order valence-electron chi connectivity index (χ0n) is 12.1. The molecule has 0 fully saturated rings. The Balaban J connectivity index is 1.83. The first kappa shape index (κ1) is 16.3. The van der Waals surface area contributed by atoms with E-state index in [9.17, 15) is 4.79 Å². The number of hydrogen-bond acceptors (Lipinski definition) is 6. The molecular weight excluding hydrogens is 316 g/mol. The Bertz CT molecular complexity index is 651.